The molecule has 0 spiro atoms. The maximum Gasteiger partial charge on any atom is 0.209 e. The zero-order chi connectivity index (χ0) is 22.0. The zero-order valence-electron chi connectivity index (χ0n) is 18.1. The molecule has 0 saturated carbocycles. The van der Waals surface area contributed by atoms with Crippen LogP contribution in [0.5, 0.6) is 0 Å². The Morgan fingerprint density at radius 3 is 1.70 bits per heavy atom. The number of nitrogens with one attached hydrogen (secondary N) is 1. The van der Waals surface area contributed by atoms with Crippen molar-refractivity contribution < 1.29 is 9.59 Å². The Bertz CT molecular complexity index is 413. The fourth-order valence-electron chi connectivity index (χ4n) is 0.683. The molecule has 1 heterocycles. The average molecular weight is 408 g/mol. The molecular weight excluding hydrogens is 366 g/mol. The number of carbonyl (C=O) groups excluding carboxylic acids is 2. The van der Waals surface area contributed by atoms with Crippen LogP contribution in [0.15, 0.2) is 6.33 Å². The molecule has 1 aromatic rings. The number of hydrogen-bond acceptors (Lipinski definition) is 4. The summed E-state index contributed by atoms with van der Waals surface area (Å²) in [6.07, 6.45) is 3.25. The van der Waals surface area contributed by atoms with Gasteiger partial charge in [-0.3, -0.25) is 9.59 Å². The second kappa shape index (κ2) is 39.1. The average Bonchev–Trinajstić information content (AvgIpc) is 2.95. The molecule has 1 rings (SSSR count). The Morgan fingerprint density at radius 1 is 1.33 bits per heavy atom. The standard InChI is InChI=1S/C6H10N2.C4H9NO.C2H5Cl.C2H5NO.C2H3N.C2H6.CH4/c1-5-6(2)8(3)4-7-5;1-3-5(2)4-6;1-2-3;1-3-2-4;1-2-3;1-2;/h4H,1-3H3;4H,3H2,1-2H3;2H2,1H3;2H,1H3,(H,3,4);1H3;1-2H3;1H4. The van der Waals surface area contributed by atoms with Gasteiger partial charge in [-0.25, -0.2) is 4.98 Å². The first-order valence-electron chi connectivity index (χ1n) is 8.35. The number of nitrogens with zero attached hydrogens (tertiary/aromatic N) is 4. The Morgan fingerprint density at radius 2 is 1.67 bits per heavy atom. The summed E-state index contributed by atoms with van der Waals surface area (Å²) in [5, 5.41) is 9.57. The van der Waals surface area contributed by atoms with Crippen molar-refractivity contribution >= 4 is 24.4 Å². The van der Waals surface area contributed by atoms with Gasteiger partial charge in [0.1, 0.15) is 0 Å². The highest BCUT2D eigenvalue weighted by Gasteiger charge is 1.93. The van der Waals surface area contributed by atoms with Crippen LogP contribution in [-0.2, 0) is 16.6 Å². The lowest BCUT2D eigenvalue weighted by Gasteiger charge is -2.01. The van der Waals surface area contributed by atoms with Gasteiger partial charge >= 0.3 is 0 Å². The van der Waals surface area contributed by atoms with Crippen LogP contribution >= 0.6 is 11.6 Å². The highest BCUT2D eigenvalue weighted by molar-refractivity contribution is 6.17. The summed E-state index contributed by atoms with van der Waals surface area (Å²) in [6.45, 7) is 14.1. The van der Waals surface area contributed by atoms with E-state index in [0.717, 1.165) is 24.5 Å². The summed E-state index contributed by atoms with van der Waals surface area (Å²) in [4.78, 5) is 24.4. The minimum Gasteiger partial charge on any atom is -0.362 e. The number of nitriles is 1. The monoisotopic (exact) mass is 407 g/mol. The number of aryl methyl sites for hydroxylation is 2. The molecule has 0 aliphatic carbocycles. The van der Waals surface area contributed by atoms with Crippen molar-refractivity contribution in [2.45, 2.75) is 55.9 Å². The van der Waals surface area contributed by atoms with Crippen molar-refractivity contribution in [1.82, 2.24) is 19.8 Å². The van der Waals surface area contributed by atoms with Crippen LogP contribution in [0.3, 0.4) is 0 Å². The normalized spacial score (nSPS) is 6.59. The van der Waals surface area contributed by atoms with Crippen LogP contribution in [-0.4, -0.2) is 53.8 Å². The Labute approximate surface area is 172 Å². The predicted molar refractivity (Wildman–Crippen MR) is 118 cm³/mol. The van der Waals surface area contributed by atoms with Crippen molar-refractivity contribution in [2.75, 3.05) is 26.5 Å². The van der Waals surface area contributed by atoms with Gasteiger partial charge < -0.3 is 14.8 Å². The first kappa shape index (κ1) is 39.8. The smallest absolute Gasteiger partial charge is 0.209 e. The van der Waals surface area contributed by atoms with Crippen LogP contribution < -0.4 is 5.32 Å². The molecule has 7 nitrogen and oxygen atoms in total. The molecule has 0 aliphatic heterocycles. The number of amides is 2. The fraction of sp³-hybridized carbons (Fsp3) is 0.684. The van der Waals surface area contributed by atoms with Gasteiger partial charge in [0, 0.05) is 46.2 Å². The minimum absolute atomic E-state index is 0. The topological polar surface area (TPSA) is 91.0 Å². The number of hydrogen-bond donors (Lipinski definition) is 1. The van der Waals surface area contributed by atoms with E-state index < -0.39 is 0 Å². The molecule has 0 unspecified atom stereocenters. The molecular formula is C19H42ClN5O2. The van der Waals surface area contributed by atoms with Crippen molar-refractivity contribution in [2.24, 2.45) is 7.05 Å². The van der Waals surface area contributed by atoms with Crippen LogP contribution in [0, 0.1) is 25.2 Å². The van der Waals surface area contributed by atoms with Gasteiger partial charge in [-0.1, -0.05) is 28.2 Å². The van der Waals surface area contributed by atoms with E-state index in [1.807, 2.05) is 52.6 Å². The molecule has 0 aliphatic rings. The van der Waals surface area contributed by atoms with E-state index in [1.54, 1.807) is 25.1 Å². The van der Waals surface area contributed by atoms with E-state index in [4.69, 9.17) is 21.7 Å². The number of carbonyl (C=O) groups is 2. The summed E-state index contributed by atoms with van der Waals surface area (Å²) in [7, 11) is 5.30. The van der Waals surface area contributed by atoms with E-state index in [2.05, 4.69) is 17.2 Å². The van der Waals surface area contributed by atoms with Gasteiger partial charge in [0.25, 0.3) is 0 Å². The van der Waals surface area contributed by atoms with Gasteiger partial charge in [-0.15, -0.1) is 11.6 Å². The van der Waals surface area contributed by atoms with Gasteiger partial charge in [0.15, 0.2) is 0 Å². The Kier molecular flexibility index (Phi) is 57.7. The van der Waals surface area contributed by atoms with Crippen molar-refractivity contribution in [1.29, 1.82) is 5.26 Å². The SMILES string of the molecule is C.CC.CC#N.CCCl.CCN(C)C=O.CNC=O.Cc1ncn(C)c1C. The van der Waals surface area contributed by atoms with Crippen molar-refractivity contribution in [3.05, 3.63) is 17.7 Å². The van der Waals surface area contributed by atoms with Gasteiger partial charge in [-0.05, 0) is 20.8 Å². The molecule has 1 N–H and O–H groups in total. The quantitative estimate of drug-likeness (QED) is 0.606. The number of imidazole rings is 1. The molecule has 0 fully saturated rings. The second-order valence-electron chi connectivity index (χ2n) is 4.10. The first-order valence-corrected chi connectivity index (χ1v) is 8.88. The zero-order valence-corrected chi connectivity index (χ0v) is 18.9. The van der Waals surface area contributed by atoms with Crippen LogP contribution in [0.4, 0.5) is 0 Å². The molecule has 162 valence electrons. The summed E-state index contributed by atoms with van der Waals surface area (Å²) >= 11 is 5.00. The summed E-state index contributed by atoms with van der Waals surface area (Å²) in [5.41, 5.74) is 2.36. The lowest BCUT2D eigenvalue weighted by Crippen LogP contribution is -2.13. The van der Waals surface area contributed by atoms with Crippen molar-refractivity contribution in [3.8, 4) is 6.07 Å². The molecule has 0 bridgehead atoms. The molecule has 1 aromatic heterocycles. The van der Waals surface area contributed by atoms with E-state index in [-0.39, 0.29) is 7.43 Å². The molecule has 0 radical (unpaired) electrons. The van der Waals surface area contributed by atoms with Crippen LogP contribution in [0.1, 0.15) is 53.4 Å². The lowest BCUT2D eigenvalue weighted by molar-refractivity contribution is -0.116. The molecule has 2 amide bonds. The van der Waals surface area contributed by atoms with Crippen molar-refractivity contribution in [3.63, 3.8) is 0 Å². The Balaban J connectivity index is -0.0000000523. The molecule has 0 aromatic carbocycles. The van der Waals surface area contributed by atoms with E-state index in [0.29, 0.717) is 6.41 Å². The maximum atomic E-state index is 9.66. The Hall–Kier alpha value is -2.07. The summed E-state index contributed by atoms with van der Waals surface area (Å²) in [5.74, 6) is 0.722. The largest absolute Gasteiger partial charge is 0.362 e. The number of halogens is 1. The third-order valence-corrected chi connectivity index (χ3v) is 2.27. The van der Waals surface area contributed by atoms with Crippen LogP contribution in [0.2, 0.25) is 0 Å². The highest BCUT2D eigenvalue weighted by Crippen LogP contribution is 1.99. The van der Waals surface area contributed by atoms with Gasteiger partial charge in [-0.2, -0.15) is 5.26 Å². The number of rotatable bonds is 3. The minimum atomic E-state index is 0. The van der Waals surface area contributed by atoms with Gasteiger partial charge in [0.05, 0.1) is 18.1 Å². The third-order valence-electron chi connectivity index (χ3n) is 2.27. The number of aromatic nitrogens is 2. The second-order valence-corrected chi connectivity index (χ2v) is 4.64. The summed E-state index contributed by atoms with van der Waals surface area (Å²) in [6, 6.07) is 1.75. The lowest BCUT2D eigenvalue weighted by atomic mass is 10.4. The third kappa shape index (κ3) is 45.4. The molecule has 8 heteroatoms. The molecule has 0 saturated heterocycles. The van der Waals surface area contributed by atoms with Crippen LogP contribution in [0.25, 0.3) is 0 Å². The van der Waals surface area contributed by atoms with E-state index in [9.17, 15) is 4.79 Å². The maximum absolute atomic E-state index is 9.66. The highest BCUT2D eigenvalue weighted by atomic mass is 35.5. The van der Waals surface area contributed by atoms with E-state index >= 15 is 0 Å². The van der Waals surface area contributed by atoms with Gasteiger partial charge in [0.2, 0.25) is 12.8 Å². The molecule has 0 atom stereocenters. The fourth-order valence-corrected chi connectivity index (χ4v) is 0.683. The predicted octanol–water partition coefficient (Wildman–Crippen LogP) is 3.93. The molecule has 27 heavy (non-hydrogen) atoms. The first-order chi connectivity index (χ1) is 12.3. The van der Waals surface area contributed by atoms with E-state index in [1.165, 1.54) is 12.6 Å². The summed E-state index contributed by atoms with van der Waals surface area (Å²) < 4.78 is 2.01. The number of alkyl halides is 1.